The molecule has 1 amide bonds. The van der Waals surface area contributed by atoms with Gasteiger partial charge in [0.25, 0.3) is 5.91 Å². The molecule has 0 fully saturated rings. The molecule has 148 valence electrons. The molecule has 3 aromatic rings. The molecule has 0 unspecified atom stereocenters. The lowest BCUT2D eigenvalue weighted by molar-refractivity contribution is -0.118. The number of hydrogen-bond acceptors (Lipinski definition) is 4. The third kappa shape index (κ3) is 5.55. The van der Waals surface area contributed by atoms with Gasteiger partial charge in [0.05, 0.1) is 14.7 Å². The van der Waals surface area contributed by atoms with Crippen LogP contribution in [0.25, 0.3) is 10.2 Å². The van der Waals surface area contributed by atoms with Crippen molar-refractivity contribution in [3.63, 3.8) is 0 Å². The van der Waals surface area contributed by atoms with Crippen LogP contribution in [0.5, 0.6) is 5.75 Å². The van der Waals surface area contributed by atoms with Crippen LogP contribution in [0.3, 0.4) is 0 Å². The Morgan fingerprint density at radius 2 is 1.89 bits per heavy atom. The second kappa shape index (κ2) is 10.0. The number of nitrogens with one attached hydrogen (secondary N) is 1. The minimum Gasteiger partial charge on any atom is -0.483 e. The molecule has 0 aliphatic carbocycles. The van der Waals surface area contributed by atoms with Crippen molar-refractivity contribution < 1.29 is 9.53 Å². The SMILES string of the molecule is CCCCc1ccc2nc(NC(=O)COc3ccc(CCC)cc3Br)sc2c1. The van der Waals surface area contributed by atoms with E-state index in [-0.39, 0.29) is 12.5 Å². The first-order chi connectivity index (χ1) is 13.6. The van der Waals surface area contributed by atoms with Gasteiger partial charge in [-0.3, -0.25) is 10.1 Å². The maximum absolute atomic E-state index is 12.3. The van der Waals surface area contributed by atoms with E-state index in [2.05, 4.69) is 52.2 Å². The van der Waals surface area contributed by atoms with E-state index in [9.17, 15) is 4.79 Å². The second-order valence-corrected chi connectivity index (χ2v) is 8.66. The fraction of sp³-hybridized carbons (Fsp3) is 0.364. The Balaban J connectivity index is 1.58. The maximum atomic E-state index is 12.3. The van der Waals surface area contributed by atoms with Gasteiger partial charge < -0.3 is 4.74 Å². The number of rotatable bonds is 9. The Hall–Kier alpha value is -1.92. The summed E-state index contributed by atoms with van der Waals surface area (Å²) in [6.45, 7) is 4.29. The fourth-order valence-electron chi connectivity index (χ4n) is 2.96. The van der Waals surface area contributed by atoms with Gasteiger partial charge in [0.2, 0.25) is 0 Å². The van der Waals surface area contributed by atoms with Gasteiger partial charge in [-0.2, -0.15) is 0 Å². The standard InChI is InChI=1S/C22H25BrN2O2S/c1-3-5-7-16-8-10-18-20(13-16)28-22(24-18)25-21(26)14-27-19-11-9-15(6-4-2)12-17(19)23/h8-13H,3-7,14H2,1-2H3,(H,24,25,26). The van der Waals surface area contributed by atoms with Gasteiger partial charge in [-0.1, -0.05) is 50.2 Å². The van der Waals surface area contributed by atoms with Crippen LogP contribution in [-0.2, 0) is 17.6 Å². The summed E-state index contributed by atoms with van der Waals surface area (Å²) in [6, 6.07) is 12.3. The monoisotopic (exact) mass is 460 g/mol. The van der Waals surface area contributed by atoms with Crippen molar-refractivity contribution in [3.05, 3.63) is 52.0 Å². The molecule has 4 nitrogen and oxygen atoms in total. The Morgan fingerprint density at radius 3 is 2.64 bits per heavy atom. The Labute approximate surface area is 178 Å². The number of anilines is 1. The third-order valence-electron chi connectivity index (χ3n) is 4.41. The van der Waals surface area contributed by atoms with Gasteiger partial charge in [-0.15, -0.1) is 0 Å². The number of ether oxygens (including phenoxy) is 1. The Kier molecular flexibility index (Phi) is 7.45. The minimum absolute atomic E-state index is 0.0522. The first kappa shape index (κ1) is 20.8. The molecule has 6 heteroatoms. The minimum atomic E-state index is -0.213. The number of nitrogens with zero attached hydrogens (tertiary/aromatic N) is 1. The predicted molar refractivity (Wildman–Crippen MR) is 120 cm³/mol. The molecule has 3 rings (SSSR count). The molecule has 0 spiro atoms. The zero-order valence-electron chi connectivity index (χ0n) is 16.3. The van der Waals surface area contributed by atoms with E-state index in [1.54, 1.807) is 0 Å². The van der Waals surface area contributed by atoms with Gasteiger partial charge in [0.1, 0.15) is 5.75 Å². The van der Waals surface area contributed by atoms with Gasteiger partial charge >= 0.3 is 0 Å². The number of carbonyl (C=O) groups is 1. The molecule has 0 saturated heterocycles. The highest BCUT2D eigenvalue weighted by molar-refractivity contribution is 9.10. The lowest BCUT2D eigenvalue weighted by Crippen LogP contribution is -2.20. The van der Waals surface area contributed by atoms with E-state index in [1.165, 1.54) is 35.3 Å². The molecule has 1 aromatic heterocycles. The molecule has 0 aliphatic heterocycles. The maximum Gasteiger partial charge on any atom is 0.264 e. The van der Waals surface area contributed by atoms with Crippen molar-refractivity contribution in [2.75, 3.05) is 11.9 Å². The smallest absolute Gasteiger partial charge is 0.264 e. The number of carbonyl (C=O) groups excluding carboxylic acids is 1. The summed E-state index contributed by atoms with van der Waals surface area (Å²) < 4.78 is 7.62. The number of unbranched alkanes of at least 4 members (excludes halogenated alkanes) is 1. The predicted octanol–water partition coefficient (Wildman–Crippen LogP) is 6.37. The van der Waals surface area contributed by atoms with Crippen LogP contribution in [0, 0.1) is 0 Å². The lowest BCUT2D eigenvalue weighted by atomic mass is 10.1. The fourth-order valence-corrected chi connectivity index (χ4v) is 4.45. The highest BCUT2D eigenvalue weighted by Crippen LogP contribution is 2.28. The van der Waals surface area contributed by atoms with Crippen LogP contribution < -0.4 is 10.1 Å². The van der Waals surface area contributed by atoms with E-state index in [0.717, 1.165) is 34.0 Å². The van der Waals surface area contributed by atoms with Crippen LogP contribution in [0.2, 0.25) is 0 Å². The van der Waals surface area contributed by atoms with E-state index < -0.39 is 0 Å². The average Bonchev–Trinajstić information content (AvgIpc) is 3.07. The molecule has 2 aromatic carbocycles. The average molecular weight is 461 g/mol. The first-order valence-corrected chi connectivity index (χ1v) is 11.3. The van der Waals surface area contributed by atoms with Crippen molar-refractivity contribution in [2.24, 2.45) is 0 Å². The van der Waals surface area contributed by atoms with Crippen LogP contribution in [0.15, 0.2) is 40.9 Å². The molecule has 0 radical (unpaired) electrons. The number of aryl methyl sites for hydroxylation is 2. The molecule has 28 heavy (non-hydrogen) atoms. The molecular weight excluding hydrogens is 436 g/mol. The first-order valence-electron chi connectivity index (χ1n) is 9.69. The van der Waals surface area contributed by atoms with E-state index in [1.807, 2.05) is 24.3 Å². The number of thiazole rings is 1. The highest BCUT2D eigenvalue weighted by atomic mass is 79.9. The van der Waals surface area contributed by atoms with Gasteiger partial charge in [0, 0.05) is 0 Å². The number of amides is 1. The number of benzene rings is 2. The normalized spacial score (nSPS) is 11.0. The van der Waals surface area contributed by atoms with Crippen LogP contribution in [0.4, 0.5) is 5.13 Å². The molecular formula is C22H25BrN2O2S. The summed E-state index contributed by atoms with van der Waals surface area (Å²) in [5.74, 6) is 0.453. The zero-order chi connectivity index (χ0) is 19.9. The van der Waals surface area contributed by atoms with Gasteiger partial charge in [0.15, 0.2) is 11.7 Å². The summed E-state index contributed by atoms with van der Waals surface area (Å²) in [5.41, 5.74) is 3.48. The summed E-state index contributed by atoms with van der Waals surface area (Å²) in [6.07, 6.45) is 5.56. The van der Waals surface area contributed by atoms with Crippen LogP contribution in [0.1, 0.15) is 44.2 Å². The topological polar surface area (TPSA) is 51.2 Å². The van der Waals surface area contributed by atoms with Crippen LogP contribution >= 0.6 is 27.3 Å². The number of aromatic nitrogens is 1. The molecule has 0 aliphatic rings. The summed E-state index contributed by atoms with van der Waals surface area (Å²) in [5, 5.41) is 3.45. The highest BCUT2D eigenvalue weighted by Gasteiger charge is 2.10. The molecule has 0 atom stereocenters. The van der Waals surface area contributed by atoms with Crippen LogP contribution in [-0.4, -0.2) is 17.5 Å². The number of fused-ring (bicyclic) bond motifs is 1. The largest absolute Gasteiger partial charge is 0.483 e. The number of hydrogen-bond donors (Lipinski definition) is 1. The van der Waals surface area contributed by atoms with Crippen molar-refractivity contribution in [1.82, 2.24) is 4.98 Å². The molecule has 1 N–H and O–H groups in total. The van der Waals surface area contributed by atoms with Crippen molar-refractivity contribution in [1.29, 1.82) is 0 Å². The lowest BCUT2D eigenvalue weighted by Gasteiger charge is -2.09. The summed E-state index contributed by atoms with van der Waals surface area (Å²) in [4.78, 5) is 16.8. The van der Waals surface area contributed by atoms with Crippen molar-refractivity contribution in [3.8, 4) is 5.75 Å². The molecule has 1 heterocycles. The van der Waals surface area contributed by atoms with Crippen molar-refractivity contribution in [2.45, 2.75) is 46.0 Å². The summed E-state index contributed by atoms with van der Waals surface area (Å²) >= 11 is 5.01. The Bertz CT molecular complexity index is 955. The van der Waals surface area contributed by atoms with E-state index >= 15 is 0 Å². The second-order valence-electron chi connectivity index (χ2n) is 6.78. The quantitative estimate of drug-likeness (QED) is 0.403. The Morgan fingerprint density at radius 1 is 1.11 bits per heavy atom. The summed E-state index contributed by atoms with van der Waals surface area (Å²) in [7, 11) is 0. The van der Waals surface area contributed by atoms with Crippen molar-refractivity contribution >= 4 is 48.5 Å². The molecule has 0 saturated carbocycles. The molecule has 0 bridgehead atoms. The zero-order valence-corrected chi connectivity index (χ0v) is 18.7. The van der Waals surface area contributed by atoms with Gasteiger partial charge in [-0.25, -0.2) is 4.98 Å². The third-order valence-corrected chi connectivity index (χ3v) is 5.97. The van der Waals surface area contributed by atoms with Gasteiger partial charge in [-0.05, 0) is 70.6 Å². The van der Waals surface area contributed by atoms with E-state index in [0.29, 0.717) is 10.9 Å². The van der Waals surface area contributed by atoms with E-state index in [4.69, 9.17) is 4.74 Å². The number of halogens is 1.